The number of aryl methyl sites for hydroxylation is 1. The second kappa shape index (κ2) is 9.21. The number of aliphatic hydroxyl groups excluding tert-OH is 1. The number of nitrogens with zero attached hydrogens (tertiary/aromatic N) is 2. The smallest absolute Gasteiger partial charge is 0.0823 e. The number of hydrogen-bond acceptors (Lipinski definition) is 3. The van der Waals surface area contributed by atoms with E-state index in [-0.39, 0.29) is 0 Å². The largest absolute Gasteiger partial charge is 0.388 e. The van der Waals surface area contributed by atoms with Gasteiger partial charge in [0.25, 0.3) is 0 Å². The average Bonchev–Trinajstić information content (AvgIpc) is 2.83. The molecule has 0 fully saturated rings. The molecule has 1 rings (SSSR count). The van der Waals surface area contributed by atoms with Crippen LogP contribution in [0.15, 0.2) is 0 Å². The van der Waals surface area contributed by atoms with Gasteiger partial charge in [0.1, 0.15) is 0 Å². The molecule has 122 valence electrons. The Morgan fingerprint density at radius 2 is 1.86 bits per heavy atom. The number of aromatic nitrogens is 2. The Balaban J connectivity index is 2.71. The molecule has 0 amide bonds. The van der Waals surface area contributed by atoms with E-state index in [1.807, 2.05) is 11.6 Å². The van der Waals surface area contributed by atoms with Crippen molar-refractivity contribution in [2.75, 3.05) is 13.2 Å². The van der Waals surface area contributed by atoms with Crippen molar-refractivity contribution >= 4 is 0 Å². The van der Waals surface area contributed by atoms with Gasteiger partial charge in [-0.3, -0.25) is 4.68 Å². The molecule has 4 heteroatoms. The molecule has 0 radical (unpaired) electrons. The SMILES string of the molecule is CCc1nn(CCOCCC(C)C)c(CC)c1C(O)CC. The Morgan fingerprint density at radius 3 is 2.38 bits per heavy atom. The molecule has 1 aromatic heterocycles. The first kappa shape index (κ1) is 18.2. The van der Waals surface area contributed by atoms with E-state index in [1.165, 1.54) is 0 Å². The average molecular weight is 296 g/mol. The first-order valence-corrected chi connectivity index (χ1v) is 8.39. The van der Waals surface area contributed by atoms with Gasteiger partial charge in [-0.2, -0.15) is 5.10 Å². The Bertz CT molecular complexity index is 413. The van der Waals surface area contributed by atoms with Crippen molar-refractivity contribution in [3.63, 3.8) is 0 Å². The first-order chi connectivity index (χ1) is 10.0. The molecule has 1 aromatic rings. The second-order valence-corrected chi connectivity index (χ2v) is 5.96. The molecule has 0 aliphatic heterocycles. The van der Waals surface area contributed by atoms with Crippen molar-refractivity contribution in [2.45, 2.75) is 73.0 Å². The lowest BCUT2D eigenvalue weighted by atomic mass is 10.0. The van der Waals surface area contributed by atoms with Crippen molar-refractivity contribution in [3.05, 3.63) is 17.0 Å². The third-order valence-electron chi connectivity index (χ3n) is 3.85. The Morgan fingerprint density at radius 1 is 1.14 bits per heavy atom. The van der Waals surface area contributed by atoms with Crippen LogP contribution in [0.2, 0.25) is 0 Å². The van der Waals surface area contributed by atoms with Crippen molar-refractivity contribution < 1.29 is 9.84 Å². The molecular weight excluding hydrogens is 264 g/mol. The molecule has 0 saturated carbocycles. The number of hydrogen-bond donors (Lipinski definition) is 1. The zero-order valence-corrected chi connectivity index (χ0v) is 14.4. The van der Waals surface area contributed by atoms with Crippen LogP contribution in [-0.4, -0.2) is 28.1 Å². The van der Waals surface area contributed by atoms with E-state index in [1.54, 1.807) is 0 Å². The summed E-state index contributed by atoms with van der Waals surface area (Å²) in [5.41, 5.74) is 3.24. The lowest BCUT2D eigenvalue weighted by Crippen LogP contribution is -2.12. The summed E-state index contributed by atoms with van der Waals surface area (Å²) in [5, 5.41) is 14.9. The van der Waals surface area contributed by atoms with Gasteiger partial charge in [0.2, 0.25) is 0 Å². The maximum atomic E-state index is 10.3. The predicted octanol–water partition coefficient (Wildman–Crippen LogP) is 3.51. The Kier molecular flexibility index (Phi) is 7.97. The highest BCUT2D eigenvalue weighted by Gasteiger charge is 2.20. The fraction of sp³-hybridized carbons (Fsp3) is 0.824. The van der Waals surface area contributed by atoms with Gasteiger partial charge in [0, 0.05) is 17.9 Å². The van der Waals surface area contributed by atoms with Gasteiger partial charge in [0.15, 0.2) is 0 Å². The van der Waals surface area contributed by atoms with Gasteiger partial charge < -0.3 is 9.84 Å². The zero-order chi connectivity index (χ0) is 15.8. The third kappa shape index (κ3) is 5.11. The fourth-order valence-corrected chi connectivity index (χ4v) is 2.55. The maximum Gasteiger partial charge on any atom is 0.0823 e. The first-order valence-electron chi connectivity index (χ1n) is 8.39. The summed E-state index contributed by atoms with van der Waals surface area (Å²) < 4.78 is 7.72. The van der Waals surface area contributed by atoms with Crippen LogP contribution >= 0.6 is 0 Å². The highest BCUT2D eigenvalue weighted by molar-refractivity contribution is 5.29. The molecule has 0 bridgehead atoms. The molecule has 4 nitrogen and oxygen atoms in total. The van der Waals surface area contributed by atoms with E-state index in [9.17, 15) is 5.11 Å². The summed E-state index contributed by atoms with van der Waals surface area (Å²) in [6.45, 7) is 12.9. The minimum atomic E-state index is -0.398. The lowest BCUT2D eigenvalue weighted by molar-refractivity contribution is 0.113. The minimum absolute atomic E-state index is 0.398. The van der Waals surface area contributed by atoms with Crippen LogP contribution in [-0.2, 0) is 24.1 Å². The van der Waals surface area contributed by atoms with Crippen LogP contribution in [0.1, 0.15) is 70.5 Å². The van der Waals surface area contributed by atoms with E-state index in [0.717, 1.165) is 55.8 Å². The van der Waals surface area contributed by atoms with E-state index < -0.39 is 6.10 Å². The molecule has 1 heterocycles. The monoisotopic (exact) mass is 296 g/mol. The number of aliphatic hydroxyl groups is 1. The van der Waals surface area contributed by atoms with Crippen LogP contribution in [0.4, 0.5) is 0 Å². The summed E-state index contributed by atoms with van der Waals surface area (Å²) in [6.07, 6.45) is 3.19. The number of rotatable bonds is 10. The minimum Gasteiger partial charge on any atom is -0.388 e. The van der Waals surface area contributed by atoms with Crippen LogP contribution in [0.25, 0.3) is 0 Å². The van der Waals surface area contributed by atoms with Gasteiger partial charge in [-0.1, -0.05) is 34.6 Å². The molecule has 0 saturated heterocycles. The van der Waals surface area contributed by atoms with Gasteiger partial charge in [-0.25, -0.2) is 0 Å². The normalized spacial score (nSPS) is 13.1. The molecule has 0 aromatic carbocycles. The van der Waals surface area contributed by atoms with E-state index in [2.05, 4.69) is 32.8 Å². The van der Waals surface area contributed by atoms with Crippen LogP contribution in [0.5, 0.6) is 0 Å². The lowest BCUT2D eigenvalue weighted by Gasteiger charge is -2.12. The van der Waals surface area contributed by atoms with Crippen LogP contribution in [0.3, 0.4) is 0 Å². The van der Waals surface area contributed by atoms with Gasteiger partial charge >= 0.3 is 0 Å². The molecule has 0 aliphatic rings. The summed E-state index contributed by atoms with van der Waals surface area (Å²) in [7, 11) is 0. The van der Waals surface area contributed by atoms with E-state index >= 15 is 0 Å². The maximum absolute atomic E-state index is 10.3. The summed E-state index contributed by atoms with van der Waals surface area (Å²) in [6, 6.07) is 0. The van der Waals surface area contributed by atoms with Gasteiger partial charge in [-0.05, 0) is 31.6 Å². The second-order valence-electron chi connectivity index (χ2n) is 5.96. The molecule has 0 spiro atoms. The molecule has 1 N–H and O–H groups in total. The standard InChI is InChI=1S/C17H32N2O2/c1-6-14-17(16(20)8-3)15(7-2)19(18-14)10-12-21-11-9-13(4)5/h13,16,20H,6-12H2,1-5H3. The zero-order valence-electron chi connectivity index (χ0n) is 14.4. The van der Waals surface area contributed by atoms with E-state index in [4.69, 9.17) is 4.74 Å². The van der Waals surface area contributed by atoms with Crippen LogP contribution < -0.4 is 0 Å². The topological polar surface area (TPSA) is 47.3 Å². The van der Waals surface area contributed by atoms with Gasteiger partial charge in [-0.15, -0.1) is 0 Å². The Hall–Kier alpha value is -0.870. The van der Waals surface area contributed by atoms with Crippen molar-refractivity contribution in [1.29, 1.82) is 0 Å². The van der Waals surface area contributed by atoms with Crippen LogP contribution in [0, 0.1) is 5.92 Å². The number of ether oxygens (including phenoxy) is 1. The van der Waals surface area contributed by atoms with E-state index in [0.29, 0.717) is 12.5 Å². The molecule has 0 aliphatic carbocycles. The summed E-state index contributed by atoms with van der Waals surface area (Å²) >= 11 is 0. The molecule has 1 atom stereocenters. The summed E-state index contributed by atoms with van der Waals surface area (Å²) in [4.78, 5) is 0. The molecule has 21 heavy (non-hydrogen) atoms. The third-order valence-corrected chi connectivity index (χ3v) is 3.85. The van der Waals surface area contributed by atoms with Crippen molar-refractivity contribution in [2.24, 2.45) is 5.92 Å². The Labute approximate surface area is 129 Å². The molecular formula is C17H32N2O2. The van der Waals surface area contributed by atoms with Crippen molar-refractivity contribution in [3.8, 4) is 0 Å². The highest BCUT2D eigenvalue weighted by atomic mass is 16.5. The fourth-order valence-electron chi connectivity index (χ4n) is 2.55. The quantitative estimate of drug-likeness (QED) is 0.672. The van der Waals surface area contributed by atoms with Gasteiger partial charge in [0.05, 0.1) is 24.9 Å². The predicted molar refractivity (Wildman–Crippen MR) is 86.5 cm³/mol. The highest BCUT2D eigenvalue weighted by Crippen LogP contribution is 2.25. The molecule has 1 unspecified atom stereocenters. The van der Waals surface area contributed by atoms with Crippen molar-refractivity contribution in [1.82, 2.24) is 9.78 Å². The summed E-state index contributed by atoms with van der Waals surface area (Å²) in [5.74, 6) is 0.680.